The molecule has 1 N–H and O–H groups in total. The fourth-order valence-electron chi connectivity index (χ4n) is 2.52. The standard InChI is InChI=1S/C14H17NO3/c1-3-11-12(16)18-13(15)14(11,17-4-2)10-8-6-5-7-9-10/h5-9,11,15H,3-4H2,1-2H3. The molecule has 0 saturated carbocycles. The molecular weight excluding hydrogens is 230 g/mol. The number of cyclic esters (lactones) is 1. The van der Waals surface area contributed by atoms with Crippen molar-refractivity contribution < 1.29 is 14.3 Å². The summed E-state index contributed by atoms with van der Waals surface area (Å²) in [7, 11) is 0. The van der Waals surface area contributed by atoms with E-state index in [-0.39, 0.29) is 11.9 Å². The quantitative estimate of drug-likeness (QED) is 0.831. The Labute approximate surface area is 106 Å². The highest BCUT2D eigenvalue weighted by molar-refractivity contribution is 6.03. The number of hydrogen-bond acceptors (Lipinski definition) is 4. The van der Waals surface area contributed by atoms with Gasteiger partial charge in [-0.25, -0.2) is 0 Å². The lowest BCUT2D eigenvalue weighted by Crippen LogP contribution is -2.41. The van der Waals surface area contributed by atoms with E-state index in [9.17, 15) is 4.79 Å². The molecule has 1 saturated heterocycles. The Kier molecular flexibility index (Phi) is 3.48. The first kappa shape index (κ1) is 12.8. The average molecular weight is 247 g/mol. The molecule has 18 heavy (non-hydrogen) atoms. The van der Waals surface area contributed by atoms with E-state index in [0.717, 1.165) is 5.56 Å². The summed E-state index contributed by atoms with van der Waals surface area (Å²) in [5.74, 6) is -0.931. The van der Waals surface area contributed by atoms with Gasteiger partial charge in [0.25, 0.3) is 0 Å². The van der Waals surface area contributed by atoms with Crippen molar-refractivity contribution in [3.63, 3.8) is 0 Å². The maximum atomic E-state index is 11.8. The number of nitrogens with one attached hydrogen (secondary N) is 1. The zero-order valence-electron chi connectivity index (χ0n) is 10.6. The molecule has 0 bridgehead atoms. The van der Waals surface area contributed by atoms with Gasteiger partial charge in [0.15, 0.2) is 5.60 Å². The lowest BCUT2D eigenvalue weighted by atomic mass is 9.81. The van der Waals surface area contributed by atoms with Crippen LogP contribution in [0.4, 0.5) is 0 Å². The molecule has 96 valence electrons. The lowest BCUT2D eigenvalue weighted by molar-refractivity contribution is -0.140. The third-order valence-electron chi connectivity index (χ3n) is 3.30. The van der Waals surface area contributed by atoms with Gasteiger partial charge in [0.2, 0.25) is 5.90 Å². The minimum absolute atomic E-state index is 0.104. The topological polar surface area (TPSA) is 59.4 Å². The van der Waals surface area contributed by atoms with Crippen LogP contribution >= 0.6 is 0 Å². The molecule has 2 unspecified atom stereocenters. The normalized spacial score (nSPS) is 27.3. The van der Waals surface area contributed by atoms with Crippen LogP contribution < -0.4 is 0 Å². The van der Waals surface area contributed by atoms with Crippen LogP contribution in [-0.4, -0.2) is 18.5 Å². The van der Waals surface area contributed by atoms with E-state index in [1.54, 1.807) is 0 Å². The van der Waals surface area contributed by atoms with E-state index in [4.69, 9.17) is 14.9 Å². The van der Waals surface area contributed by atoms with Gasteiger partial charge in [-0.3, -0.25) is 10.2 Å². The van der Waals surface area contributed by atoms with Crippen LogP contribution in [0.2, 0.25) is 0 Å². The van der Waals surface area contributed by atoms with Crippen molar-refractivity contribution in [3.8, 4) is 0 Å². The van der Waals surface area contributed by atoms with Crippen molar-refractivity contribution in [1.82, 2.24) is 0 Å². The zero-order valence-corrected chi connectivity index (χ0v) is 10.6. The van der Waals surface area contributed by atoms with Gasteiger partial charge in [0, 0.05) is 6.61 Å². The van der Waals surface area contributed by atoms with Gasteiger partial charge in [0.1, 0.15) is 0 Å². The summed E-state index contributed by atoms with van der Waals surface area (Å²) in [6.07, 6.45) is 0.579. The maximum absolute atomic E-state index is 11.8. The van der Waals surface area contributed by atoms with Crippen LogP contribution in [0, 0.1) is 11.3 Å². The maximum Gasteiger partial charge on any atom is 0.319 e. The van der Waals surface area contributed by atoms with Crippen molar-refractivity contribution >= 4 is 11.9 Å². The number of hydrogen-bond donors (Lipinski definition) is 1. The van der Waals surface area contributed by atoms with Crippen LogP contribution in [0.1, 0.15) is 25.8 Å². The van der Waals surface area contributed by atoms with Gasteiger partial charge < -0.3 is 9.47 Å². The largest absolute Gasteiger partial charge is 0.408 e. The van der Waals surface area contributed by atoms with Crippen molar-refractivity contribution in [2.24, 2.45) is 5.92 Å². The number of rotatable bonds is 4. The van der Waals surface area contributed by atoms with E-state index in [0.29, 0.717) is 13.0 Å². The first-order valence-corrected chi connectivity index (χ1v) is 6.17. The zero-order chi connectivity index (χ0) is 13.2. The number of carbonyl (C=O) groups is 1. The number of carbonyl (C=O) groups excluding carboxylic acids is 1. The molecule has 4 heteroatoms. The monoisotopic (exact) mass is 247 g/mol. The second kappa shape index (κ2) is 4.90. The summed E-state index contributed by atoms with van der Waals surface area (Å²) in [5.41, 5.74) is -0.253. The van der Waals surface area contributed by atoms with Gasteiger partial charge in [0.05, 0.1) is 5.92 Å². The van der Waals surface area contributed by atoms with Crippen LogP contribution in [0.3, 0.4) is 0 Å². The summed E-state index contributed by atoms with van der Waals surface area (Å²) in [6.45, 7) is 4.18. The van der Waals surface area contributed by atoms with Gasteiger partial charge in [-0.05, 0) is 18.9 Å². The molecule has 1 aliphatic heterocycles. The molecule has 0 radical (unpaired) electrons. The predicted octanol–water partition coefficient (Wildman–Crippen LogP) is 2.48. The summed E-state index contributed by atoms with van der Waals surface area (Å²) >= 11 is 0. The van der Waals surface area contributed by atoms with Gasteiger partial charge in [-0.1, -0.05) is 37.3 Å². The Hall–Kier alpha value is -1.68. The Balaban J connectivity index is 2.55. The molecule has 0 aromatic heterocycles. The Morgan fingerprint density at radius 3 is 2.56 bits per heavy atom. The predicted molar refractivity (Wildman–Crippen MR) is 67.3 cm³/mol. The van der Waals surface area contributed by atoms with E-state index < -0.39 is 11.5 Å². The van der Waals surface area contributed by atoms with E-state index >= 15 is 0 Å². The van der Waals surface area contributed by atoms with Gasteiger partial charge in [-0.15, -0.1) is 0 Å². The minimum atomic E-state index is -1.05. The van der Waals surface area contributed by atoms with E-state index in [1.165, 1.54) is 0 Å². The highest BCUT2D eigenvalue weighted by Crippen LogP contribution is 2.42. The fourth-order valence-corrected chi connectivity index (χ4v) is 2.52. The SMILES string of the molecule is CCOC1(c2ccccc2)C(=N)OC(=O)C1CC. The van der Waals surface area contributed by atoms with Crippen LogP contribution in [-0.2, 0) is 19.9 Å². The van der Waals surface area contributed by atoms with Crippen molar-refractivity contribution in [1.29, 1.82) is 5.41 Å². The highest BCUT2D eigenvalue weighted by Gasteiger charge is 2.56. The Morgan fingerprint density at radius 2 is 2.00 bits per heavy atom. The Bertz CT molecular complexity index is 457. The molecule has 0 aliphatic carbocycles. The van der Waals surface area contributed by atoms with Crippen molar-refractivity contribution in [2.75, 3.05) is 6.61 Å². The molecule has 1 aromatic rings. The number of esters is 1. The molecule has 4 nitrogen and oxygen atoms in total. The molecule has 1 fully saturated rings. The van der Waals surface area contributed by atoms with Gasteiger partial charge >= 0.3 is 5.97 Å². The molecule has 1 aromatic carbocycles. The smallest absolute Gasteiger partial charge is 0.319 e. The molecular formula is C14H17NO3. The van der Waals surface area contributed by atoms with E-state index in [2.05, 4.69) is 0 Å². The first-order chi connectivity index (χ1) is 8.66. The van der Waals surface area contributed by atoms with Crippen molar-refractivity contribution in [2.45, 2.75) is 25.9 Å². The first-order valence-electron chi connectivity index (χ1n) is 6.17. The molecule has 0 amide bonds. The van der Waals surface area contributed by atoms with Crippen LogP contribution in [0.15, 0.2) is 30.3 Å². The Morgan fingerprint density at radius 1 is 1.33 bits per heavy atom. The summed E-state index contributed by atoms with van der Waals surface area (Å²) in [5, 5.41) is 7.99. The molecule has 1 aliphatic rings. The second-order valence-electron chi connectivity index (χ2n) is 4.25. The third kappa shape index (κ3) is 1.73. The third-order valence-corrected chi connectivity index (χ3v) is 3.30. The van der Waals surface area contributed by atoms with Crippen molar-refractivity contribution in [3.05, 3.63) is 35.9 Å². The molecule has 1 heterocycles. The lowest BCUT2D eigenvalue weighted by Gasteiger charge is -2.31. The second-order valence-corrected chi connectivity index (χ2v) is 4.25. The average Bonchev–Trinajstić information content (AvgIpc) is 2.62. The number of ether oxygens (including phenoxy) is 2. The highest BCUT2D eigenvalue weighted by atomic mass is 16.6. The molecule has 2 atom stereocenters. The van der Waals surface area contributed by atoms with Gasteiger partial charge in [-0.2, -0.15) is 0 Å². The minimum Gasteiger partial charge on any atom is -0.408 e. The molecule has 0 spiro atoms. The van der Waals surface area contributed by atoms with Crippen LogP contribution in [0.25, 0.3) is 0 Å². The summed E-state index contributed by atoms with van der Waals surface area (Å²) in [6, 6.07) is 9.38. The summed E-state index contributed by atoms with van der Waals surface area (Å²) < 4.78 is 10.8. The molecule has 2 rings (SSSR count). The van der Waals surface area contributed by atoms with Crippen LogP contribution in [0.5, 0.6) is 0 Å². The summed E-state index contributed by atoms with van der Waals surface area (Å²) in [4.78, 5) is 11.8. The fraction of sp³-hybridized carbons (Fsp3) is 0.429. The van der Waals surface area contributed by atoms with E-state index in [1.807, 2.05) is 44.2 Å². The number of benzene rings is 1.